The minimum Gasteiger partial charge on any atom is -0.480 e. The van der Waals surface area contributed by atoms with Gasteiger partial charge in [0.05, 0.1) is 0 Å². The molecule has 0 aromatic heterocycles. The fraction of sp³-hybridized carbons (Fsp3) is 0.846. The lowest BCUT2D eigenvalue weighted by Gasteiger charge is -2.27. The second-order valence-corrected chi connectivity index (χ2v) is 6.88. The number of rotatable bonds is 4. The van der Waals surface area contributed by atoms with E-state index in [0.717, 1.165) is 6.42 Å². The average Bonchev–Trinajstić information content (AvgIpc) is 2.77. The SMILES string of the molecule is CC1(C)CC1CNC(=O)N[C@@H](C(=O)O)C(C)(C)C. The van der Waals surface area contributed by atoms with Crippen molar-refractivity contribution in [3.05, 3.63) is 0 Å². The Hall–Kier alpha value is -1.26. The Morgan fingerprint density at radius 2 is 1.89 bits per heavy atom. The van der Waals surface area contributed by atoms with E-state index in [9.17, 15) is 9.59 Å². The summed E-state index contributed by atoms with van der Waals surface area (Å²) in [5.74, 6) is -0.509. The third kappa shape index (κ3) is 3.89. The fourth-order valence-electron chi connectivity index (χ4n) is 1.97. The third-order valence-corrected chi connectivity index (χ3v) is 3.61. The van der Waals surface area contributed by atoms with Gasteiger partial charge in [-0.3, -0.25) is 0 Å². The number of carboxylic acid groups (broad SMARTS) is 1. The summed E-state index contributed by atoms with van der Waals surface area (Å²) >= 11 is 0. The maximum absolute atomic E-state index is 11.7. The van der Waals surface area contributed by atoms with Gasteiger partial charge in [-0.2, -0.15) is 0 Å². The van der Waals surface area contributed by atoms with Crippen LogP contribution in [0.5, 0.6) is 0 Å². The summed E-state index contributed by atoms with van der Waals surface area (Å²) in [6, 6.07) is -1.29. The summed E-state index contributed by atoms with van der Waals surface area (Å²) < 4.78 is 0. The maximum Gasteiger partial charge on any atom is 0.326 e. The molecule has 0 heterocycles. The lowest BCUT2D eigenvalue weighted by Crippen LogP contribution is -2.52. The van der Waals surface area contributed by atoms with Crippen LogP contribution in [0.15, 0.2) is 0 Å². The molecule has 1 saturated carbocycles. The molecular weight excluding hydrogens is 232 g/mol. The summed E-state index contributed by atoms with van der Waals surface area (Å²) in [5, 5.41) is 14.3. The molecule has 0 aromatic carbocycles. The van der Waals surface area contributed by atoms with Crippen LogP contribution in [0, 0.1) is 16.7 Å². The molecule has 1 aliphatic rings. The molecule has 18 heavy (non-hydrogen) atoms. The van der Waals surface area contributed by atoms with Crippen molar-refractivity contribution in [1.29, 1.82) is 0 Å². The number of carbonyl (C=O) groups excluding carboxylic acids is 1. The number of nitrogens with one attached hydrogen (secondary N) is 2. The fourth-order valence-corrected chi connectivity index (χ4v) is 1.97. The highest BCUT2D eigenvalue weighted by Crippen LogP contribution is 2.50. The lowest BCUT2D eigenvalue weighted by atomic mass is 9.87. The Kier molecular flexibility index (Phi) is 3.93. The molecule has 1 aliphatic carbocycles. The molecule has 0 aromatic rings. The van der Waals surface area contributed by atoms with E-state index < -0.39 is 23.5 Å². The summed E-state index contributed by atoms with van der Waals surface area (Å²) in [6.45, 7) is 10.3. The van der Waals surface area contributed by atoms with Crippen LogP contribution >= 0.6 is 0 Å². The van der Waals surface area contributed by atoms with E-state index in [1.54, 1.807) is 20.8 Å². The predicted octanol–water partition coefficient (Wildman–Crippen LogP) is 1.83. The number of carboxylic acids is 1. The zero-order chi connectivity index (χ0) is 14.1. The van der Waals surface area contributed by atoms with Crippen molar-refractivity contribution in [2.75, 3.05) is 6.54 Å². The van der Waals surface area contributed by atoms with Crippen LogP contribution in [0.4, 0.5) is 4.79 Å². The third-order valence-electron chi connectivity index (χ3n) is 3.61. The average molecular weight is 256 g/mol. The van der Waals surface area contributed by atoms with Crippen LogP contribution in [0.3, 0.4) is 0 Å². The standard InChI is InChI=1S/C13H24N2O3/c1-12(2,3)9(10(16)17)15-11(18)14-7-8-6-13(8,4)5/h8-9H,6-7H2,1-5H3,(H,16,17)(H2,14,15,18)/t8?,9-/m0/s1. The van der Waals surface area contributed by atoms with Gasteiger partial charge in [-0.05, 0) is 23.2 Å². The molecule has 1 rings (SSSR count). The quantitative estimate of drug-likeness (QED) is 0.718. The van der Waals surface area contributed by atoms with Crippen molar-refractivity contribution in [2.45, 2.75) is 47.1 Å². The number of hydrogen-bond acceptors (Lipinski definition) is 2. The summed E-state index contributed by atoms with van der Waals surface area (Å²) in [4.78, 5) is 22.8. The van der Waals surface area contributed by atoms with Gasteiger partial charge >= 0.3 is 12.0 Å². The van der Waals surface area contributed by atoms with E-state index in [2.05, 4.69) is 24.5 Å². The van der Waals surface area contributed by atoms with Crippen LogP contribution in [-0.4, -0.2) is 29.7 Å². The van der Waals surface area contributed by atoms with Crippen LogP contribution in [0.2, 0.25) is 0 Å². The van der Waals surface area contributed by atoms with E-state index in [-0.39, 0.29) is 0 Å². The van der Waals surface area contributed by atoms with Crippen molar-refractivity contribution in [3.8, 4) is 0 Å². The Bertz CT molecular complexity index is 345. The Morgan fingerprint density at radius 3 is 2.22 bits per heavy atom. The van der Waals surface area contributed by atoms with Crippen molar-refractivity contribution < 1.29 is 14.7 Å². The first-order valence-electron chi connectivity index (χ1n) is 6.31. The van der Waals surface area contributed by atoms with Crippen molar-refractivity contribution in [3.63, 3.8) is 0 Å². The molecule has 1 fully saturated rings. The minimum absolute atomic E-state index is 0.309. The van der Waals surface area contributed by atoms with Crippen LogP contribution in [0.25, 0.3) is 0 Å². The van der Waals surface area contributed by atoms with Crippen molar-refractivity contribution >= 4 is 12.0 Å². The van der Waals surface area contributed by atoms with Crippen molar-refractivity contribution in [1.82, 2.24) is 10.6 Å². The molecule has 5 heteroatoms. The molecule has 2 atom stereocenters. The first-order valence-corrected chi connectivity index (χ1v) is 6.31. The number of amides is 2. The van der Waals surface area contributed by atoms with Gasteiger partial charge in [-0.25, -0.2) is 9.59 Å². The maximum atomic E-state index is 11.7. The highest BCUT2D eigenvalue weighted by molar-refractivity contribution is 5.83. The van der Waals surface area contributed by atoms with E-state index >= 15 is 0 Å². The predicted molar refractivity (Wildman–Crippen MR) is 69.3 cm³/mol. The number of urea groups is 1. The first kappa shape index (κ1) is 14.8. The van der Waals surface area contributed by atoms with Gasteiger partial charge < -0.3 is 15.7 Å². The van der Waals surface area contributed by atoms with Gasteiger partial charge in [0.15, 0.2) is 0 Å². The molecule has 0 spiro atoms. The topological polar surface area (TPSA) is 78.4 Å². The number of aliphatic carboxylic acids is 1. The first-order chi connectivity index (χ1) is 8.04. The summed E-state index contributed by atoms with van der Waals surface area (Å²) in [7, 11) is 0. The molecule has 3 N–H and O–H groups in total. The van der Waals surface area contributed by atoms with E-state index in [1.165, 1.54) is 0 Å². The van der Waals surface area contributed by atoms with Gasteiger partial charge in [0.25, 0.3) is 0 Å². The second-order valence-electron chi connectivity index (χ2n) is 6.88. The molecule has 104 valence electrons. The Labute approximate surface area is 108 Å². The molecular formula is C13H24N2O3. The highest BCUT2D eigenvalue weighted by Gasteiger charge is 2.45. The second kappa shape index (κ2) is 4.78. The molecule has 5 nitrogen and oxygen atoms in total. The lowest BCUT2D eigenvalue weighted by molar-refractivity contribution is -0.141. The molecule has 0 aliphatic heterocycles. The largest absolute Gasteiger partial charge is 0.480 e. The van der Waals surface area contributed by atoms with Gasteiger partial charge in [-0.15, -0.1) is 0 Å². The number of hydrogen-bond donors (Lipinski definition) is 3. The van der Waals surface area contributed by atoms with Crippen molar-refractivity contribution in [2.24, 2.45) is 16.7 Å². The summed E-state index contributed by atoms with van der Waals surface area (Å²) in [5.41, 5.74) is -0.203. The van der Waals surface area contributed by atoms with Crippen LogP contribution in [0.1, 0.15) is 41.0 Å². The van der Waals surface area contributed by atoms with Gasteiger partial charge in [-0.1, -0.05) is 34.6 Å². The smallest absolute Gasteiger partial charge is 0.326 e. The normalized spacial score (nSPS) is 23.1. The molecule has 0 radical (unpaired) electrons. The van der Waals surface area contributed by atoms with E-state index in [4.69, 9.17) is 5.11 Å². The van der Waals surface area contributed by atoms with Crippen LogP contribution in [-0.2, 0) is 4.79 Å². The van der Waals surface area contributed by atoms with E-state index in [1.807, 2.05) is 0 Å². The van der Waals surface area contributed by atoms with Crippen LogP contribution < -0.4 is 10.6 Å². The highest BCUT2D eigenvalue weighted by atomic mass is 16.4. The molecule has 2 amide bonds. The zero-order valence-electron chi connectivity index (χ0n) is 11.8. The monoisotopic (exact) mass is 256 g/mol. The summed E-state index contributed by atoms with van der Waals surface area (Å²) in [6.07, 6.45) is 1.11. The number of carbonyl (C=O) groups is 2. The molecule has 0 bridgehead atoms. The minimum atomic E-state index is -1.01. The zero-order valence-corrected chi connectivity index (χ0v) is 11.8. The van der Waals surface area contributed by atoms with Gasteiger partial charge in [0, 0.05) is 6.54 Å². The van der Waals surface area contributed by atoms with E-state index in [0.29, 0.717) is 17.9 Å². The Morgan fingerprint density at radius 1 is 1.39 bits per heavy atom. The van der Waals surface area contributed by atoms with Gasteiger partial charge in [0.2, 0.25) is 0 Å². The Balaban J connectivity index is 2.41. The van der Waals surface area contributed by atoms with Gasteiger partial charge in [0.1, 0.15) is 6.04 Å². The molecule has 1 unspecified atom stereocenters. The molecule has 0 saturated heterocycles.